The first-order chi connectivity index (χ1) is 8.97. The Labute approximate surface area is 141 Å². The van der Waals surface area contributed by atoms with E-state index in [0.717, 1.165) is 22.5 Å². The van der Waals surface area contributed by atoms with E-state index in [9.17, 15) is 9.90 Å². The van der Waals surface area contributed by atoms with Crippen LogP contribution in [0.3, 0.4) is 0 Å². The van der Waals surface area contributed by atoms with Crippen molar-refractivity contribution in [3.8, 4) is 5.75 Å². The fraction of sp³-hybridized carbons (Fsp3) is 0.250. The number of rotatable bonds is 2. The second kappa shape index (κ2) is 7.02. The van der Waals surface area contributed by atoms with Crippen LogP contribution in [0.2, 0.25) is 0 Å². The first-order valence-corrected chi connectivity index (χ1v) is 6.27. The van der Waals surface area contributed by atoms with Crippen LogP contribution in [0.4, 0.5) is 5.69 Å². The molecule has 0 aliphatic heterocycles. The molecule has 98 valence electrons. The standard InChI is InChI=1S/C16H17NO2.Na/c1-10(2)14-9-15(11(3)8-16(14)19)17-12-4-6-13(18)7-5-12;/h4-10,19H,1-3H3;/q;+1/p-1. The summed E-state index contributed by atoms with van der Waals surface area (Å²) >= 11 is 0. The third-order valence-corrected chi connectivity index (χ3v) is 3.04. The smallest absolute Gasteiger partial charge is 0.872 e. The molecule has 0 heterocycles. The molecule has 1 aliphatic carbocycles. The molecule has 0 atom stereocenters. The molecule has 3 nitrogen and oxygen atoms in total. The van der Waals surface area contributed by atoms with Crippen LogP contribution in [0.15, 0.2) is 41.4 Å². The zero-order chi connectivity index (χ0) is 14.0. The number of aryl methyl sites for hydroxylation is 1. The van der Waals surface area contributed by atoms with Gasteiger partial charge in [0.2, 0.25) is 0 Å². The molecule has 0 saturated heterocycles. The molecule has 0 saturated carbocycles. The molecular formula is C16H16NNaO2. The van der Waals surface area contributed by atoms with Crippen molar-refractivity contribution in [2.75, 3.05) is 0 Å². The van der Waals surface area contributed by atoms with Crippen LogP contribution < -0.4 is 34.7 Å². The fourth-order valence-corrected chi connectivity index (χ4v) is 1.92. The van der Waals surface area contributed by atoms with Crippen LogP contribution in [0.5, 0.6) is 5.75 Å². The van der Waals surface area contributed by atoms with E-state index in [1.54, 1.807) is 18.2 Å². The SMILES string of the molecule is Cc1cc([O-])c(C(C)C)cc1N=C1C=CC(=O)C=C1.[Na+]. The van der Waals surface area contributed by atoms with Gasteiger partial charge in [-0.05, 0) is 48.8 Å². The van der Waals surface area contributed by atoms with Crippen LogP contribution in [0.25, 0.3) is 0 Å². The van der Waals surface area contributed by atoms with E-state index in [-0.39, 0.29) is 47.0 Å². The molecule has 20 heavy (non-hydrogen) atoms. The van der Waals surface area contributed by atoms with Gasteiger partial charge in [0.25, 0.3) is 0 Å². The summed E-state index contributed by atoms with van der Waals surface area (Å²) in [7, 11) is 0. The summed E-state index contributed by atoms with van der Waals surface area (Å²) in [6.07, 6.45) is 6.34. The van der Waals surface area contributed by atoms with Gasteiger partial charge in [-0.25, -0.2) is 4.99 Å². The Hall–Kier alpha value is -1.16. The summed E-state index contributed by atoms with van der Waals surface area (Å²) in [6, 6.07) is 3.46. The molecule has 2 rings (SSSR count). The summed E-state index contributed by atoms with van der Waals surface area (Å²) in [4.78, 5) is 15.5. The third kappa shape index (κ3) is 3.92. The number of aliphatic imine (C=N–C) groups is 1. The second-order valence-corrected chi connectivity index (χ2v) is 4.94. The van der Waals surface area contributed by atoms with Crippen molar-refractivity contribution >= 4 is 17.2 Å². The van der Waals surface area contributed by atoms with Crippen molar-refractivity contribution in [3.05, 3.63) is 47.6 Å². The number of ketones is 1. The molecule has 1 aliphatic rings. The third-order valence-electron chi connectivity index (χ3n) is 3.04. The maximum Gasteiger partial charge on any atom is 1.00 e. The average Bonchev–Trinajstić information content (AvgIpc) is 2.34. The van der Waals surface area contributed by atoms with Gasteiger partial charge in [0.15, 0.2) is 5.78 Å². The molecular weight excluding hydrogens is 261 g/mol. The van der Waals surface area contributed by atoms with E-state index in [0.29, 0.717) is 0 Å². The minimum Gasteiger partial charge on any atom is -0.872 e. The van der Waals surface area contributed by atoms with Crippen molar-refractivity contribution in [2.24, 2.45) is 4.99 Å². The molecule has 0 N–H and O–H groups in total. The molecule has 1 aromatic carbocycles. The number of nitrogens with zero attached hydrogens (tertiary/aromatic N) is 1. The summed E-state index contributed by atoms with van der Waals surface area (Å²) in [5.74, 6) is 0.195. The molecule has 0 fully saturated rings. The fourth-order valence-electron chi connectivity index (χ4n) is 1.92. The number of carbonyl (C=O) groups excluding carboxylic acids is 1. The van der Waals surface area contributed by atoms with Gasteiger partial charge in [-0.2, -0.15) is 0 Å². The van der Waals surface area contributed by atoms with Gasteiger partial charge in [-0.15, -0.1) is 5.75 Å². The van der Waals surface area contributed by atoms with Gasteiger partial charge in [-0.1, -0.05) is 25.5 Å². The van der Waals surface area contributed by atoms with Crippen molar-refractivity contribution in [3.63, 3.8) is 0 Å². The molecule has 0 spiro atoms. The van der Waals surface area contributed by atoms with Gasteiger partial charge in [-0.3, -0.25) is 4.79 Å². The number of carbonyl (C=O) groups is 1. The van der Waals surface area contributed by atoms with Gasteiger partial charge < -0.3 is 5.11 Å². The maximum absolute atomic E-state index is 11.8. The van der Waals surface area contributed by atoms with E-state index in [1.165, 1.54) is 12.2 Å². The van der Waals surface area contributed by atoms with Crippen LogP contribution >= 0.6 is 0 Å². The van der Waals surface area contributed by atoms with Gasteiger partial charge in [0.05, 0.1) is 11.4 Å². The molecule has 1 aromatic rings. The zero-order valence-corrected chi connectivity index (χ0v) is 14.3. The van der Waals surface area contributed by atoms with Crippen LogP contribution in [-0.2, 0) is 4.79 Å². The largest absolute Gasteiger partial charge is 1.00 e. The van der Waals surface area contributed by atoms with Gasteiger partial charge >= 0.3 is 29.6 Å². The first kappa shape index (κ1) is 16.9. The van der Waals surface area contributed by atoms with E-state index in [1.807, 2.05) is 26.8 Å². The van der Waals surface area contributed by atoms with Crippen LogP contribution in [0.1, 0.15) is 30.9 Å². The Balaban J connectivity index is 0.00000200. The van der Waals surface area contributed by atoms with Crippen molar-refractivity contribution in [1.29, 1.82) is 0 Å². The Kier molecular flexibility index (Phi) is 5.93. The Bertz CT molecular complexity index is 595. The average molecular weight is 277 g/mol. The number of benzene rings is 1. The Morgan fingerprint density at radius 2 is 1.70 bits per heavy atom. The first-order valence-electron chi connectivity index (χ1n) is 6.27. The summed E-state index contributed by atoms with van der Waals surface area (Å²) < 4.78 is 0. The Morgan fingerprint density at radius 1 is 1.10 bits per heavy atom. The summed E-state index contributed by atoms with van der Waals surface area (Å²) in [5, 5.41) is 11.8. The number of hydrogen-bond acceptors (Lipinski definition) is 3. The van der Waals surface area contributed by atoms with E-state index < -0.39 is 0 Å². The quantitative estimate of drug-likeness (QED) is 0.563. The minimum absolute atomic E-state index is 0. The predicted octanol–water partition coefficient (Wildman–Crippen LogP) is -0.0364. The van der Waals surface area contributed by atoms with Gasteiger partial charge in [0, 0.05) is 0 Å². The van der Waals surface area contributed by atoms with E-state index in [4.69, 9.17) is 0 Å². The van der Waals surface area contributed by atoms with Gasteiger partial charge in [0.1, 0.15) is 0 Å². The summed E-state index contributed by atoms with van der Waals surface area (Å²) in [6.45, 7) is 5.84. The summed E-state index contributed by atoms with van der Waals surface area (Å²) in [5.41, 5.74) is 3.11. The van der Waals surface area contributed by atoms with Crippen LogP contribution in [0, 0.1) is 6.92 Å². The normalized spacial score (nSPS) is 13.6. The number of hydrogen-bond donors (Lipinski definition) is 0. The number of allylic oxidation sites excluding steroid dienone is 4. The molecule has 0 radical (unpaired) electrons. The topological polar surface area (TPSA) is 52.5 Å². The van der Waals surface area contributed by atoms with Crippen molar-refractivity contribution in [2.45, 2.75) is 26.7 Å². The monoisotopic (exact) mass is 277 g/mol. The zero-order valence-electron chi connectivity index (χ0n) is 12.3. The van der Waals surface area contributed by atoms with Crippen LogP contribution in [-0.4, -0.2) is 11.5 Å². The molecule has 0 aromatic heterocycles. The molecule has 0 amide bonds. The van der Waals surface area contributed by atoms with Crippen molar-refractivity contribution < 1.29 is 39.5 Å². The Morgan fingerprint density at radius 3 is 2.25 bits per heavy atom. The van der Waals surface area contributed by atoms with E-state index >= 15 is 0 Å². The second-order valence-electron chi connectivity index (χ2n) is 4.94. The molecule has 0 bridgehead atoms. The predicted molar refractivity (Wildman–Crippen MR) is 75.1 cm³/mol. The van der Waals surface area contributed by atoms with Crippen molar-refractivity contribution in [1.82, 2.24) is 0 Å². The van der Waals surface area contributed by atoms with E-state index in [2.05, 4.69) is 4.99 Å². The maximum atomic E-state index is 11.8. The minimum atomic E-state index is -0.0338. The molecule has 0 unspecified atom stereocenters. The molecule has 4 heteroatoms.